The number of rotatable bonds is 7. The summed E-state index contributed by atoms with van der Waals surface area (Å²) in [5, 5.41) is 0. The normalized spacial score (nSPS) is 16.1. The van der Waals surface area contributed by atoms with Crippen LogP contribution in [0.1, 0.15) is 48.9 Å². The zero-order chi connectivity index (χ0) is 20.1. The molecule has 1 atom stereocenters. The van der Waals surface area contributed by atoms with E-state index in [4.69, 9.17) is 0 Å². The molecule has 0 amide bonds. The van der Waals surface area contributed by atoms with Crippen LogP contribution in [0.15, 0.2) is 66.9 Å². The average Bonchev–Trinajstić information content (AvgIpc) is 3.18. The highest BCUT2D eigenvalue weighted by Gasteiger charge is 2.26. The Labute approximate surface area is 171 Å². The van der Waals surface area contributed by atoms with Gasteiger partial charge in [0, 0.05) is 18.3 Å². The molecule has 4 heteroatoms. The number of halogens is 2. The number of aromatic nitrogens is 1. The summed E-state index contributed by atoms with van der Waals surface area (Å²) in [6, 6.07) is 18.6. The summed E-state index contributed by atoms with van der Waals surface area (Å²) >= 11 is 0. The molecule has 1 aliphatic carbocycles. The fourth-order valence-electron chi connectivity index (χ4n) is 4.51. The number of hydrogen-bond donors (Lipinski definition) is 1. The van der Waals surface area contributed by atoms with E-state index in [2.05, 4.69) is 22.9 Å². The maximum absolute atomic E-state index is 13.3. The van der Waals surface area contributed by atoms with Gasteiger partial charge in [0.25, 0.3) is 0 Å². The molecule has 3 aromatic rings. The molecule has 0 aliphatic heterocycles. The maximum atomic E-state index is 13.3. The van der Waals surface area contributed by atoms with Crippen LogP contribution < -0.4 is 4.90 Å². The second kappa shape index (κ2) is 9.36. The van der Waals surface area contributed by atoms with Crippen molar-refractivity contribution in [3.63, 3.8) is 0 Å². The Morgan fingerprint density at radius 1 is 0.759 bits per heavy atom. The second-order valence-electron chi connectivity index (χ2n) is 8.23. The van der Waals surface area contributed by atoms with Crippen molar-refractivity contribution in [1.29, 1.82) is 0 Å². The van der Waals surface area contributed by atoms with E-state index in [-0.39, 0.29) is 11.6 Å². The van der Waals surface area contributed by atoms with Gasteiger partial charge in [-0.2, -0.15) is 0 Å². The summed E-state index contributed by atoms with van der Waals surface area (Å²) in [5.41, 5.74) is 3.57. The fourth-order valence-corrected chi connectivity index (χ4v) is 4.51. The van der Waals surface area contributed by atoms with Crippen molar-refractivity contribution >= 4 is 0 Å². The van der Waals surface area contributed by atoms with Crippen LogP contribution in [0.4, 0.5) is 8.78 Å². The van der Waals surface area contributed by atoms with Gasteiger partial charge < -0.3 is 9.47 Å². The fraction of sp³-hybridized carbons (Fsp3) is 0.360. The summed E-state index contributed by atoms with van der Waals surface area (Å²) in [4.78, 5) is 1.55. The van der Waals surface area contributed by atoms with Crippen molar-refractivity contribution < 1.29 is 13.7 Å². The minimum atomic E-state index is -0.200. The van der Waals surface area contributed by atoms with Crippen molar-refractivity contribution in [2.45, 2.75) is 57.8 Å². The van der Waals surface area contributed by atoms with Crippen molar-refractivity contribution in [1.82, 2.24) is 4.57 Å². The summed E-state index contributed by atoms with van der Waals surface area (Å²) in [6.07, 6.45) is 8.56. The maximum Gasteiger partial charge on any atom is 0.123 e. The van der Waals surface area contributed by atoms with Crippen LogP contribution in [0.3, 0.4) is 0 Å². The molecule has 0 spiro atoms. The minimum Gasteiger partial charge on any atom is -0.342 e. The lowest BCUT2D eigenvalue weighted by atomic mass is 9.93. The highest BCUT2D eigenvalue weighted by molar-refractivity contribution is 5.18. The Bertz CT molecular complexity index is 893. The quantitative estimate of drug-likeness (QED) is 0.592. The highest BCUT2D eigenvalue weighted by Crippen LogP contribution is 2.17. The topological polar surface area (TPSA) is 9.37 Å². The summed E-state index contributed by atoms with van der Waals surface area (Å²) in [7, 11) is 0. The molecule has 29 heavy (non-hydrogen) atoms. The van der Waals surface area contributed by atoms with E-state index in [1.165, 1.54) is 55.5 Å². The third kappa shape index (κ3) is 5.33. The van der Waals surface area contributed by atoms with E-state index in [0.717, 1.165) is 25.2 Å². The molecule has 1 heterocycles. The van der Waals surface area contributed by atoms with Gasteiger partial charge in [0.1, 0.15) is 24.7 Å². The summed E-state index contributed by atoms with van der Waals surface area (Å²) in [6.45, 7) is 2.60. The Morgan fingerprint density at radius 2 is 1.38 bits per heavy atom. The molecule has 1 unspecified atom stereocenters. The van der Waals surface area contributed by atoms with Crippen LogP contribution in [0.25, 0.3) is 0 Å². The molecule has 1 N–H and O–H groups in total. The van der Waals surface area contributed by atoms with Crippen LogP contribution in [-0.4, -0.2) is 10.6 Å². The lowest BCUT2D eigenvalue weighted by molar-refractivity contribution is -0.953. The molecule has 1 aliphatic rings. The third-order valence-corrected chi connectivity index (χ3v) is 6.12. The van der Waals surface area contributed by atoms with Crippen LogP contribution in [0.5, 0.6) is 0 Å². The average molecular weight is 396 g/mol. The summed E-state index contributed by atoms with van der Waals surface area (Å²) < 4.78 is 28.8. The number of hydrogen-bond acceptors (Lipinski definition) is 0. The SMILES string of the molecule is Fc1ccc(Cn2cccc2C[NH+](Cc2ccc(F)cc2)C2CCCCC2)cc1. The predicted molar refractivity (Wildman–Crippen MR) is 112 cm³/mol. The third-order valence-electron chi connectivity index (χ3n) is 6.12. The zero-order valence-electron chi connectivity index (χ0n) is 16.8. The standard InChI is InChI=1S/C25H28F2N2/c26-22-12-8-20(9-13-22)17-28-16-4-7-25(28)19-29(24-5-2-1-3-6-24)18-21-10-14-23(27)15-11-21/h4,7-16,24H,1-3,5-6,17-19H2/p+1. The first-order valence-corrected chi connectivity index (χ1v) is 10.6. The first-order valence-electron chi connectivity index (χ1n) is 10.6. The summed E-state index contributed by atoms with van der Waals surface area (Å²) in [5.74, 6) is -0.380. The van der Waals surface area contributed by atoms with Gasteiger partial charge in [-0.1, -0.05) is 30.7 Å². The van der Waals surface area contributed by atoms with Crippen LogP contribution in [0.2, 0.25) is 0 Å². The molecule has 0 radical (unpaired) electrons. The first-order chi connectivity index (χ1) is 14.2. The van der Waals surface area contributed by atoms with Crippen molar-refractivity contribution in [2.75, 3.05) is 0 Å². The molecule has 1 fully saturated rings. The van der Waals surface area contributed by atoms with Gasteiger partial charge >= 0.3 is 0 Å². The molecular formula is C25H29F2N2+. The zero-order valence-corrected chi connectivity index (χ0v) is 16.8. The largest absolute Gasteiger partial charge is 0.342 e. The van der Waals surface area contributed by atoms with Gasteiger partial charge in [-0.3, -0.25) is 0 Å². The van der Waals surface area contributed by atoms with E-state index < -0.39 is 0 Å². The van der Waals surface area contributed by atoms with E-state index in [9.17, 15) is 8.78 Å². The van der Waals surface area contributed by atoms with Crippen LogP contribution in [0, 0.1) is 11.6 Å². The smallest absolute Gasteiger partial charge is 0.123 e. The van der Waals surface area contributed by atoms with E-state index >= 15 is 0 Å². The molecule has 1 saturated carbocycles. The molecule has 2 nitrogen and oxygen atoms in total. The Morgan fingerprint density at radius 3 is 2.03 bits per heavy atom. The second-order valence-corrected chi connectivity index (χ2v) is 8.23. The van der Waals surface area contributed by atoms with Crippen molar-refractivity contribution in [3.05, 3.63) is 95.3 Å². The van der Waals surface area contributed by atoms with Gasteiger partial charge in [-0.15, -0.1) is 0 Å². The number of quaternary nitrogens is 1. The number of benzene rings is 2. The van der Waals surface area contributed by atoms with E-state index in [1.807, 2.05) is 24.3 Å². The van der Waals surface area contributed by atoms with Gasteiger partial charge in [0.15, 0.2) is 0 Å². The Kier molecular flexibility index (Phi) is 6.40. The molecule has 4 rings (SSSR count). The predicted octanol–water partition coefficient (Wildman–Crippen LogP) is 4.73. The number of nitrogens with zero attached hydrogens (tertiary/aromatic N) is 1. The van der Waals surface area contributed by atoms with Gasteiger partial charge in [-0.25, -0.2) is 8.78 Å². The molecule has 0 bridgehead atoms. The Hall–Kier alpha value is -2.46. The lowest BCUT2D eigenvalue weighted by Crippen LogP contribution is -3.13. The molecule has 0 saturated heterocycles. The van der Waals surface area contributed by atoms with E-state index in [0.29, 0.717) is 6.04 Å². The molecule has 152 valence electrons. The molecular weight excluding hydrogens is 366 g/mol. The monoisotopic (exact) mass is 395 g/mol. The first kappa shape index (κ1) is 19.8. The van der Waals surface area contributed by atoms with E-state index in [1.54, 1.807) is 17.0 Å². The number of nitrogens with one attached hydrogen (secondary N) is 1. The van der Waals surface area contributed by atoms with Gasteiger partial charge in [0.05, 0.1) is 11.7 Å². The Balaban J connectivity index is 1.51. The molecule has 1 aromatic heterocycles. The van der Waals surface area contributed by atoms with Gasteiger partial charge in [-0.05, 0) is 67.6 Å². The van der Waals surface area contributed by atoms with Crippen molar-refractivity contribution in [2.24, 2.45) is 0 Å². The minimum absolute atomic E-state index is 0.179. The highest BCUT2D eigenvalue weighted by atomic mass is 19.1. The van der Waals surface area contributed by atoms with Gasteiger partial charge in [0.2, 0.25) is 0 Å². The van der Waals surface area contributed by atoms with Crippen LogP contribution in [-0.2, 0) is 19.6 Å². The molecule has 2 aromatic carbocycles. The van der Waals surface area contributed by atoms with Crippen LogP contribution >= 0.6 is 0 Å². The lowest BCUT2D eigenvalue weighted by Gasteiger charge is -2.32. The van der Waals surface area contributed by atoms with Crippen molar-refractivity contribution in [3.8, 4) is 0 Å².